The number of aromatic nitrogens is 1. The van der Waals surface area contributed by atoms with Gasteiger partial charge in [0.25, 0.3) is 6.01 Å². The van der Waals surface area contributed by atoms with Crippen LogP contribution >= 0.6 is 11.3 Å². The topological polar surface area (TPSA) is 87.5 Å². The number of piperidine rings is 1. The summed E-state index contributed by atoms with van der Waals surface area (Å²) in [4.78, 5) is 31.6. The van der Waals surface area contributed by atoms with Crippen molar-refractivity contribution in [1.82, 2.24) is 15.6 Å². The Bertz CT molecular complexity index is 912. The van der Waals surface area contributed by atoms with E-state index < -0.39 is 11.8 Å². The molecule has 3 aromatic rings. The smallest absolute Gasteiger partial charge is 0.309 e. The van der Waals surface area contributed by atoms with Crippen LogP contribution in [0, 0.1) is 5.92 Å². The quantitative estimate of drug-likeness (QED) is 0.645. The Labute approximate surface area is 166 Å². The summed E-state index contributed by atoms with van der Waals surface area (Å²) in [5.41, 5.74) is 1.65. The Kier molecular flexibility index (Phi) is 5.57. The Balaban J connectivity index is 1.21. The van der Waals surface area contributed by atoms with Gasteiger partial charge in [-0.05, 0) is 42.3 Å². The molecule has 0 radical (unpaired) electrons. The van der Waals surface area contributed by atoms with E-state index in [1.807, 2.05) is 41.8 Å². The molecule has 2 amide bonds. The van der Waals surface area contributed by atoms with Crippen LogP contribution in [-0.2, 0) is 16.1 Å². The number of benzene rings is 1. The van der Waals surface area contributed by atoms with Crippen molar-refractivity contribution < 1.29 is 14.0 Å². The summed E-state index contributed by atoms with van der Waals surface area (Å²) in [6.07, 6.45) is 1.83. The molecule has 7 nitrogen and oxygen atoms in total. The zero-order valence-corrected chi connectivity index (χ0v) is 16.2. The largest absolute Gasteiger partial charge is 0.423 e. The van der Waals surface area contributed by atoms with Crippen LogP contribution in [0.2, 0.25) is 0 Å². The molecule has 1 aromatic carbocycles. The minimum atomic E-state index is -0.586. The summed E-state index contributed by atoms with van der Waals surface area (Å²) in [5.74, 6) is -0.815. The summed E-state index contributed by atoms with van der Waals surface area (Å²) in [6, 6.07) is 12.2. The predicted molar refractivity (Wildman–Crippen MR) is 108 cm³/mol. The van der Waals surface area contributed by atoms with E-state index in [0.717, 1.165) is 41.9 Å². The standard InChI is InChI=1S/C20H22N4O3S/c25-18(19(26)22-13-15-4-3-11-28-15)21-12-14-7-9-24(10-8-14)20-23-16-5-1-2-6-17(16)27-20/h1-6,11,14H,7-10,12-13H2,(H,21,25)(H,22,26). The van der Waals surface area contributed by atoms with Crippen molar-refractivity contribution in [1.29, 1.82) is 0 Å². The van der Waals surface area contributed by atoms with Gasteiger partial charge in [-0.2, -0.15) is 4.98 Å². The SMILES string of the molecule is O=C(NCc1cccs1)C(=O)NCC1CCN(c2nc3ccccc3o2)CC1. The zero-order valence-electron chi connectivity index (χ0n) is 15.4. The second kappa shape index (κ2) is 8.43. The molecule has 1 aliphatic heterocycles. The number of carbonyl (C=O) groups excluding carboxylic acids is 2. The van der Waals surface area contributed by atoms with Crippen LogP contribution in [0.15, 0.2) is 46.2 Å². The average Bonchev–Trinajstić information content (AvgIpc) is 3.40. The minimum Gasteiger partial charge on any atom is -0.423 e. The fourth-order valence-corrected chi connectivity index (χ4v) is 3.95. The van der Waals surface area contributed by atoms with Gasteiger partial charge in [0, 0.05) is 24.5 Å². The minimum absolute atomic E-state index is 0.342. The van der Waals surface area contributed by atoms with E-state index in [1.165, 1.54) is 0 Å². The van der Waals surface area contributed by atoms with Crippen LogP contribution in [0.4, 0.5) is 6.01 Å². The monoisotopic (exact) mass is 398 g/mol. The van der Waals surface area contributed by atoms with Crippen molar-refractivity contribution in [2.24, 2.45) is 5.92 Å². The van der Waals surface area contributed by atoms with E-state index in [0.29, 0.717) is 25.0 Å². The number of para-hydroxylation sites is 2. The fraction of sp³-hybridized carbons (Fsp3) is 0.350. The summed E-state index contributed by atoms with van der Waals surface area (Å²) in [6.45, 7) is 2.52. The molecule has 1 saturated heterocycles. The second-order valence-corrected chi connectivity index (χ2v) is 7.90. The van der Waals surface area contributed by atoms with E-state index in [1.54, 1.807) is 11.3 Å². The van der Waals surface area contributed by atoms with Gasteiger partial charge < -0.3 is 20.0 Å². The maximum absolute atomic E-state index is 12.0. The van der Waals surface area contributed by atoms with Crippen molar-refractivity contribution in [2.45, 2.75) is 19.4 Å². The number of oxazole rings is 1. The number of hydrogen-bond donors (Lipinski definition) is 2. The molecule has 2 aromatic heterocycles. The third-order valence-electron chi connectivity index (χ3n) is 4.93. The predicted octanol–water partition coefficient (Wildman–Crippen LogP) is 2.54. The first-order valence-electron chi connectivity index (χ1n) is 9.38. The molecule has 1 fully saturated rings. The van der Waals surface area contributed by atoms with Gasteiger partial charge in [0.15, 0.2) is 5.58 Å². The van der Waals surface area contributed by atoms with Crippen LogP contribution in [0.25, 0.3) is 11.1 Å². The van der Waals surface area contributed by atoms with E-state index in [4.69, 9.17) is 4.42 Å². The molecular formula is C20H22N4O3S. The molecule has 0 aliphatic carbocycles. The first-order chi connectivity index (χ1) is 13.7. The molecule has 0 bridgehead atoms. The van der Waals surface area contributed by atoms with Crippen molar-refractivity contribution in [3.05, 3.63) is 46.7 Å². The molecule has 1 aliphatic rings. The van der Waals surface area contributed by atoms with Crippen molar-refractivity contribution in [3.63, 3.8) is 0 Å². The van der Waals surface area contributed by atoms with Gasteiger partial charge in [-0.1, -0.05) is 18.2 Å². The molecule has 0 spiro atoms. The summed E-state index contributed by atoms with van der Waals surface area (Å²) < 4.78 is 5.82. The highest BCUT2D eigenvalue weighted by molar-refractivity contribution is 7.09. The van der Waals surface area contributed by atoms with Gasteiger partial charge in [-0.15, -0.1) is 11.3 Å². The lowest BCUT2D eigenvalue weighted by molar-refractivity contribution is -0.139. The average molecular weight is 398 g/mol. The third kappa shape index (κ3) is 4.33. The lowest BCUT2D eigenvalue weighted by atomic mass is 9.97. The maximum Gasteiger partial charge on any atom is 0.309 e. The Morgan fingerprint density at radius 2 is 1.89 bits per heavy atom. The number of rotatable bonds is 5. The Hall–Kier alpha value is -2.87. The molecule has 2 N–H and O–H groups in total. The number of nitrogens with one attached hydrogen (secondary N) is 2. The molecule has 4 rings (SSSR count). The third-order valence-corrected chi connectivity index (χ3v) is 5.80. The van der Waals surface area contributed by atoms with Crippen LogP contribution in [0.1, 0.15) is 17.7 Å². The van der Waals surface area contributed by atoms with Gasteiger partial charge in [0.2, 0.25) is 0 Å². The van der Waals surface area contributed by atoms with E-state index in [-0.39, 0.29) is 0 Å². The van der Waals surface area contributed by atoms with Gasteiger partial charge in [0.1, 0.15) is 5.52 Å². The van der Waals surface area contributed by atoms with E-state index in [2.05, 4.69) is 20.5 Å². The number of amides is 2. The number of anilines is 1. The Morgan fingerprint density at radius 1 is 1.11 bits per heavy atom. The second-order valence-electron chi connectivity index (χ2n) is 6.87. The highest BCUT2D eigenvalue weighted by Crippen LogP contribution is 2.26. The zero-order chi connectivity index (χ0) is 19.3. The Morgan fingerprint density at radius 3 is 2.64 bits per heavy atom. The first-order valence-corrected chi connectivity index (χ1v) is 10.3. The highest BCUT2D eigenvalue weighted by Gasteiger charge is 2.24. The van der Waals surface area contributed by atoms with Crippen LogP contribution in [0.3, 0.4) is 0 Å². The maximum atomic E-state index is 12.0. The number of carbonyl (C=O) groups is 2. The molecule has 0 saturated carbocycles. The number of fused-ring (bicyclic) bond motifs is 1. The molecule has 0 atom stereocenters. The van der Waals surface area contributed by atoms with Crippen molar-refractivity contribution in [3.8, 4) is 0 Å². The first kappa shape index (κ1) is 18.5. The lowest BCUT2D eigenvalue weighted by Gasteiger charge is -2.30. The summed E-state index contributed by atoms with van der Waals surface area (Å²) in [5, 5.41) is 7.34. The highest BCUT2D eigenvalue weighted by atomic mass is 32.1. The van der Waals surface area contributed by atoms with Gasteiger partial charge in [-0.3, -0.25) is 9.59 Å². The van der Waals surface area contributed by atoms with Crippen LogP contribution in [-0.4, -0.2) is 36.4 Å². The molecular weight excluding hydrogens is 376 g/mol. The number of hydrogen-bond acceptors (Lipinski definition) is 6. The van der Waals surface area contributed by atoms with Crippen LogP contribution in [0.5, 0.6) is 0 Å². The van der Waals surface area contributed by atoms with Gasteiger partial charge >= 0.3 is 11.8 Å². The number of nitrogens with zero attached hydrogens (tertiary/aromatic N) is 2. The summed E-state index contributed by atoms with van der Waals surface area (Å²) >= 11 is 1.55. The van der Waals surface area contributed by atoms with Crippen molar-refractivity contribution >= 4 is 40.3 Å². The fourth-order valence-electron chi connectivity index (χ4n) is 3.30. The van der Waals surface area contributed by atoms with Gasteiger partial charge in [0.05, 0.1) is 6.54 Å². The van der Waals surface area contributed by atoms with Crippen molar-refractivity contribution in [2.75, 3.05) is 24.5 Å². The van der Waals surface area contributed by atoms with E-state index in [9.17, 15) is 9.59 Å². The number of thiophene rings is 1. The lowest BCUT2D eigenvalue weighted by Crippen LogP contribution is -2.43. The molecule has 8 heteroatoms. The molecule has 28 heavy (non-hydrogen) atoms. The van der Waals surface area contributed by atoms with Crippen LogP contribution < -0.4 is 15.5 Å². The molecule has 146 valence electrons. The normalized spacial score (nSPS) is 14.9. The molecule has 3 heterocycles. The summed E-state index contributed by atoms with van der Waals surface area (Å²) in [7, 11) is 0. The molecule has 0 unspecified atom stereocenters. The van der Waals surface area contributed by atoms with E-state index >= 15 is 0 Å². The van der Waals surface area contributed by atoms with Gasteiger partial charge in [-0.25, -0.2) is 0 Å².